The normalized spacial score (nSPS) is 13.4. The van der Waals surface area contributed by atoms with Crippen molar-refractivity contribution >= 4 is 34.2 Å². The van der Waals surface area contributed by atoms with Gasteiger partial charge in [-0.1, -0.05) is 6.07 Å². The Morgan fingerprint density at radius 1 is 1.25 bits per heavy atom. The number of halogens is 1. The number of amides is 1. The van der Waals surface area contributed by atoms with Crippen LogP contribution in [0, 0.1) is 13.7 Å². The lowest BCUT2D eigenvalue weighted by atomic mass is 10.1. The van der Waals surface area contributed by atoms with E-state index in [4.69, 9.17) is 9.47 Å². The van der Waals surface area contributed by atoms with Crippen molar-refractivity contribution in [1.29, 1.82) is 0 Å². The predicted octanol–water partition coefficient (Wildman–Crippen LogP) is 3.42. The van der Waals surface area contributed by atoms with E-state index in [0.29, 0.717) is 20.6 Å². The lowest BCUT2D eigenvalue weighted by Crippen LogP contribution is -2.27. The van der Waals surface area contributed by atoms with Gasteiger partial charge >= 0.3 is 0 Å². The monoisotopic (exact) mass is 440 g/mol. The second-order valence-corrected chi connectivity index (χ2v) is 6.39. The lowest BCUT2D eigenvalue weighted by molar-refractivity contribution is -0.384. The van der Waals surface area contributed by atoms with Gasteiger partial charge in [0.15, 0.2) is 11.5 Å². The second-order valence-electron chi connectivity index (χ2n) is 5.23. The summed E-state index contributed by atoms with van der Waals surface area (Å²) in [5.41, 5.74) is 1.23. The quantitative estimate of drug-likeness (QED) is 0.447. The highest BCUT2D eigenvalue weighted by Gasteiger charge is 2.19. The molecule has 1 aliphatic heterocycles. The average Bonchev–Trinajstić information content (AvgIpc) is 3.01. The molecule has 0 saturated heterocycles. The zero-order valence-corrected chi connectivity index (χ0v) is 14.8. The highest BCUT2D eigenvalue weighted by molar-refractivity contribution is 14.1. The summed E-state index contributed by atoms with van der Waals surface area (Å²) in [4.78, 5) is 22.7. The molecule has 1 unspecified atom stereocenters. The molecule has 1 amide bonds. The zero-order chi connectivity index (χ0) is 17.3. The molecule has 1 atom stereocenters. The number of ether oxygens (including phenoxy) is 2. The number of carbonyl (C=O) groups is 1. The molecular weight excluding hydrogens is 427 g/mol. The van der Waals surface area contributed by atoms with E-state index in [0.717, 1.165) is 5.56 Å². The molecule has 2 aromatic rings. The van der Waals surface area contributed by atoms with Gasteiger partial charge in [0, 0.05) is 15.7 Å². The van der Waals surface area contributed by atoms with Crippen LogP contribution in [0.15, 0.2) is 36.4 Å². The summed E-state index contributed by atoms with van der Waals surface area (Å²) < 4.78 is 11.1. The Hall–Kier alpha value is -2.36. The molecule has 7 nitrogen and oxygen atoms in total. The summed E-state index contributed by atoms with van der Waals surface area (Å²) in [5, 5.41) is 13.7. The van der Waals surface area contributed by atoms with Crippen molar-refractivity contribution in [3.63, 3.8) is 0 Å². The molecule has 0 aromatic heterocycles. The SMILES string of the molecule is CC(NC(=O)c1ccc([N+](=O)[O-])cc1I)c1ccc2c(c1)OCO2. The highest BCUT2D eigenvalue weighted by Crippen LogP contribution is 2.34. The van der Waals surface area contributed by atoms with E-state index >= 15 is 0 Å². The Bertz CT molecular complexity index is 824. The number of nitro groups is 1. The lowest BCUT2D eigenvalue weighted by Gasteiger charge is -2.15. The fourth-order valence-electron chi connectivity index (χ4n) is 2.34. The van der Waals surface area contributed by atoms with Gasteiger partial charge in [-0.3, -0.25) is 14.9 Å². The maximum Gasteiger partial charge on any atom is 0.270 e. The van der Waals surface area contributed by atoms with E-state index in [-0.39, 0.29) is 24.4 Å². The van der Waals surface area contributed by atoms with Gasteiger partial charge in [0.25, 0.3) is 11.6 Å². The summed E-state index contributed by atoms with van der Waals surface area (Å²) >= 11 is 1.92. The van der Waals surface area contributed by atoms with Gasteiger partial charge in [0.1, 0.15) is 0 Å². The van der Waals surface area contributed by atoms with Gasteiger partial charge in [0.05, 0.1) is 16.5 Å². The van der Waals surface area contributed by atoms with Gasteiger partial charge in [-0.15, -0.1) is 0 Å². The number of hydrogen-bond donors (Lipinski definition) is 1. The summed E-state index contributed by atoms with van der Waals surface area (Å²) in [5.74, 6) is 1.04. The molecule has 0 radical (unpaired) electrons. The minimum Gasteiger partial charge on any atom is -0.454 e. The first kappa shape index (κ1) is 16.5. The summed E-state index contributed by atoms with van der Waals surface area (Å²) in [6, 6.07) is 9.39. The predicted molar refractivity (Wildman–Crippen MR) is 94.3 cm³/mol. The molecule has 0 spiro atoms. The van der Waals surface area contributed by atoms with Crippen molar-refractivity contribution < 1.29 is 19.2 Å². The van der Waals surface area contributed by atoms with Crippen LogP contribution in [0.4, 0.5) is 5.69 Å². The van der Waals surface area contributed by atoms with E-state index < -0.39 is 4.92 Å². The Labute approximate surface area is 151 Å². The van der Waals surface area contributed by atoms with Crippen LogP contribution in [0.1, 0.15) is 28.9 Å². The largest absolute Gasteiger partial charge is 0.454 e. The molecular formula is C16H13IN2O5. The molecule has 3 rings (SSSR count). The van der Waals surface area contributed by atoms with E-state index in [1.807, 2.05) is 41.6 Å². The number of nitrogens with zero attached hydrogens (tertiary/aromatic N) is 1. The summed E-state index contributed by atoms with van der Waals surface area (Å²) in [7, 11) is 0. The van der Waals surface area contributed by atoms with Crippen LogP contribution in [0.5, 0.6) is 11.5 Å². The van der Waals surface area contributed by atoms with E-state index in [2.05, 4.69) is 5.32 Å². The Morgan fingerprint density at radius 2 is 2.00 bits per heavy atom. The molecule has 1 heterocycles. The van der Waals surface area contributed by atoms with Crippen molar-refractivity contribution in [2.75, 3.05) is 6.79 Å². The third-order valence-electron chi connectivity index (χ3n) is 3.65. The van der Waals surface area contributed by atoms with E-state index in [9.17, 15) is 14.9 Å². The number of non-ortho nitro benzene ring substituents is 1. The molecule has 0 aliphatic carbocycles. The Kier molecular flexibility index (Phi) is 4.56. The highest BCUT2D eigenvalue weighted by atomic mass is 127. The Balaban J connectivity index is 1.75. The molecule has 0 fully saturated rings. The van der Waals surface area contributed by atoms with Crippen molar-refractivity contribution in [3.05, 3.63) is 61.2 Å². The fourth-order valence-corrected chi connectivity index (χ4v) is 3.09. The van der Waals surface area contributed by atoms with Crippen LogP contribution >= 0.6 is 22.6 Å². The van der Waals surface area contributed by atoms with Crippen LogP contribution in [-0.4, -0.2) is 17.6 Å². The van der Waals surface area contributed by atoms with Gasteiger partial charge in [-0.25, -0.2) is 0 Å². The number of nitrogens with one attached hydrogen (secondary N) is 1. The van der Waals surface area contributed by atoms with E-state index in [1.54, 1.807) is 6.07 Å². The molecule has 0 bridgehead atoms. The van der Waals surface area contributed by atoms with Crippen LogP contribution in [-0.2, 0) is 0 Å². The van der Waals surface area contributed by atoms with Crippen LogP contribution in [0.25, 0.3) is 0 Å². The molecule has 2 aromatic carbocycles. The van der Waals surface area contributed by atoms with Crippen molar-refractivity contribution in [2.45, 2.75) is 13.0 Å². The molecule has 0 saturated carbocycles. The number of nitro benzene ring substituents is 1. The number of hydrogen-bond acceptors (Lipinski definition) is 5. The van der Waals surface area contributed by atoms with Crippen LogP contribution in [0.2, 0.25) is 0 Å². The number of benzene rings is 2. The third-order valence-corrected chi connectivity index (χ3v) is 4.54. The number of carbonyl (C=O) groups excluding carboxylic acids is 1. The summed E-state index contributed by atoms with van der Waals surface area (Å²) in [6.45, 7) is 2.05. The van der Waals surface area contributed by atoms with Crippen molar-refractivity contribution in [2.24, 2.45) is 0 Å². The Morgan fingerprint density at radius 3 is 2.71 bits per heavy atom. The van der Waals surface area contributed by atoms with Crippen molar-refractivity contribution in [1.82, 2.24) is 5.32 Å². The minimum atomic E-state index is -0.487. The first-order chi connectivity index (χ1) is 11.5. The van der Waals surface area contributed by atoms with Crippen molar-refractivity contribution in [3.8, 4) is 11.5 Å². The first-order valence-corrected chi connectivity index (χ1v) is 8.18. The maximum atomic E-state index is 12.4. The topological polar surface area (TPSA) is 90.7 Å². The van der Waals surface area contributed by atoms with Crippen LogP contribution in [0.3, 0.4) is 0 Å². The molecule has 1 N–H and O–H groups in total. The van der Waals surface area contributed by atoms with E-state index in [1.165, 1.54) is 18.2 Å². The average molecular weight is 440 g/mol. The van der Waals surface area contributed by atoms with Crippen LogP contribution < -0.4 is 14.8 Å². The third kappa shape index (κ3) is 3.28. The van der Waals surface area contributed by atoms with Gasteiger partial charge in [-0.05, 0) is 53.3 Å². The molecule has 124 valence electrons. The molecule has 8 heteroatoms. The smallest absolute Gasteiger partial charge is 0.270 e. The first-order valence-electron chi connectivity index (χ1n) is 7.10. The number of fused-ring (bicyclic) bond motifs is 1. The zero-order valence-electron chi connectivity index (χ0n) is 12.6. The summed E-state index contributed by atoms with van der Waals surface area (Å²) in [6.07, 6.45) is 0. The van der Waals surface area contributed by atoms with Gasteiger partial charge in [0.2, 0.25) is 6.79 Å². The molecule has 24 heavy (non-hydrogen) atoms. The standard InChI is InChI=1S/C16H13IN2O5/c1-9(10-2-5-14-15(6-10)24-8-23-14)18-16(20)12-4-3-11(19(21)22)7-13(12)17/h2-7,9H,8H2,1H3,(H,18,20). The fraction of sp³-hybridized carbons (Fsp3) is 0.188. The number of rotatable bonds is 4. The molecule has 1 aliphatic rings. The van der Waals surface area contributed by atoms with Gasteiger partial charge in [-0.2, -0.15) is 0 Å². The second kappa shape index (κ2) is 6.63. The minimum absolute atomic E-state index is 0.0419. The van der Waals surface area contributed by atoms with Gasteiger partial charge < -0.3 is 14.8 Å². The maximum absolute atomic E-state index is 12.4.